The number of imidazole rings is 1. The number of benzene rings is 3. The van der Waals surface area contributed by atoms with Crippen LogP contribution in [0.4, 0.5) is 5.69 Å². The van der Waals surface area contributed by atoms with Gasteiger partial charge in [0.05, 0.1) is 11.0 Å². The first-order valence-electron chi connectivity index (χ1n) is 9.72. The summed E-state index contributed by atoms with van der Waals surface area (Å²) < 4.78 is 8.01. The molecule has 0 saturated carbocycles. The second-order valence-electron chi connectivity index (χ2n) is 7.05. The molecule has 1 atom stereocenters. The molecular weight excluding hydrogens is 398 g/mol. The zero-order valence-electron chi connectivity index (χ0n) is 16.8. The number of ether oxygens (including phenoxy) is 1. The van der Waals surface area contributed by atoms with Gasteiger partial charge in [0, 0.05) is 17.8 Å². The Balaban J connectivity index is 1.64. The lowest BCUT2D eigenvalue weighted by atomic mass is 10.3. The van der Waals surface area contributed by atoms with Crippen LogP contribution in [0.2, 0.25) is 5.02 Å². The number of amides is 1. The van der Waals surface area contributed by atoms with E-state index in [0.717, 1.165) is 16.7 Å². The van der Waals surface area contributed by atoms with Gasteiger partial charge in [-0.25, -0.2) is 4.98 Å². The molecule has 0 aliphatic rings. The quantitative estimate of drug-likeness (QED) is 0.415. The van der Waals surface area contributed by atoms with Crippen molar-refractivity contribution >= 4 is 34.2 Å². The first kappa shape index (κ1) is 20.0. The van der Waals surface area contributed by atoms with Crippen LogP contribution in [0.5, 0.6) is 5.75 Å². The fraction of sp³-hybridized carbons (Fsp3) is 0.167. The minimum absolute atomic E-state index is 0.0377. The lowest BCUT2D eigenvalue weighted by Crippen LogP contribution is -2.31. The molecule has 0 N–H and O–H groups in total. The largest absolute Gasteiger partial charge is 0.483 e. The van der Waals surface area contributed by atoms with Gasteiger partial charge in [0.2, 0.25) is 5.91 Å². The maximum Gasteiger partial charge on any atom is 0.246 e. The molecule has 0 saturated heterocycles. The Morgan fingerprint density at radius 1 is 1.03 bits per heavy atom. The van der Waals surface area contributed by atoms with Gasteiger partial charge in [-0.3, -0.25) is 4.79 Å². The van der Waals surface area contributed by atoms with E-state index in [9.17, 15) is 4.79 Å². The molecule has 0 bridgehead atoms. The number of hydrogen-bond donors (Lipinski definition) is 0. The van der Waals surface area contributed by atoms with Gasteiger partial charge in [-0.1, -0.05) is 41.9 Å². The van der Waals surface area contributed by atoms with Crippen LogP contribution in [-0.2, 0) is 11.3 Å². The number of likely N-dealkylation sites (N-methyl/N-ethyl adjacent to an activating group) is 1. The zero-order chi connectivity index (χ0) is 21.1. The predicted octanol–water partition coefficient (Wildman–Crippen LogP) is 5.49. The molecule has 1 amide bonds. The lowest BCUT2D eigenvalue weighted by Gasteiger charge is -2.20. The second-order valence-corrected chi connectivity index (χ2v) is 7.48. The normalized spacial score (nSPS) is 12.0. The number of nitrogens with zero attached hydrogens (tertiary/aromatic N) is 3. The molecular formula is C24H22ClN3O2. The van der Waals surface area contributed by atoms with Crippen LogP contribution in [0.15, 0.2) is 78.9 Å². The van der Waals surface area contributed by atoms with Gasteiger partial charge < -0.3 is 14.2 Å². The number of halogens is 1. The van der Waals surface area contributed by atoms with Crippen molar-refractivity contribution < 1.29 is 9.53 Å². The first-order valence-corrected chi connectivity index (χ1v) is 10.1. The summed E-state index contributed by atoms with van der Waals surface area (Å²) in [5.41, 5.74) is 2.57. The Hall–Kier alpha value is -3.31. The summed E-state index contributed by atoms with van der Waals surface area (Å²) in [7, 11) is 1.78. The SMILES string of the molecule is CC(Oc1ccc(Cl)cc1)c1nc2ccccc2n1CC(=O)N(C)c1ccccc1. The molecule has 0 fully saturated rings. The lowest BCUT2D eigenvalue weighted by molar-refractivity contribution is -0.118. The maximum absolute atomic E-state index is 13.0. The molecule has 4 rings (SSSR count). The minimum atomic E-state index is -0.353. The third-order valence-corrected chi connectivity index (χ3v) is 5.24. The van der Waals surface area contributed by atoms with Gasteiger partial charge in [-0.2, -0.15) is 0 Å². The molecule has 3 aromatic carbocycles. The average molecular weight is 420 g/mol. The maximum atomic E-state index is 13.0. The highest BCUT2D eigenvalue weighted by Crippen LogP contribution is 2.26. The zero-order valence-corrected chi connectivity index (χ0v) is 17.6. The Labute approximate surface area is 180 Å². The van der Waals surface area contributed by atoms with Crippen molar-refractivity contribution in [3.63, 3.8) is 0 Å². The van der Waals surface area contributed by atoms with E-state index in [-0.39, 0.29) is 18.6 Å². The van der Waals surface area contributed by atoms with Crippen molar-refractivity contribution in [1.29, 1.82) is 0 Å². The Bertz CT molecular complexity index is 1160. The fourth-order valence-electron chi connectivity index (χ4n) is 3.38. The second kappa shape index (κ2) is 8.59. The van der Waals surface area contributed by atoms with Crippen molar-refractivity contribution in [2.24, 2.45) is 0 Å². The first-order chi connectivity index (χ1) is 14.5. The van der Waals surface area contributed by atoms with Gasteiger partial charge >= 0.3 is 0 Å². The van der Waals surface area contributed by atoms with Gasteiger partial charge in [0.1, 0.15) is 12.3 Å². The van der Waals surface area contributed by atoms with Crippen LogP contribution in [0.1, 0.15) is 18.9 Å². The van der Waals surface area contributed by atoms with Crippen molar-refractivity contribution in [3.05, 3.63) is 89.7 Å². The monoisotopic (exact) mass is 419 g/mol. The summed E-state index contributed by atoms with van der Waals surface area (Å²) in [6, 6.07) is 24.6. The van der Waals surface area contributed by atoms with Gasteiger partial charge in [-0.15, -0.1) is 0 Å². The molecule has 0 aliphatic heterocycles. The third-order valence-electron chi connectivity index (χ3n) is 4.99. The van der Waals surface area contributed by atoms with E-state index in [1.807, 2.05) is 78.2 Å². The number of hydrogen-bond acceptors (Lipinski definition) is 3. The molecule has 6 heteroatoms. The molecule has 1 heterocycles. The molecule has 1 aromatic heterocycles. The van der Waals surface area contributed by atoms with Crippen LogP contribution in [0.3, 0.4) is 0 Å². The highest BCUT2D eigenvalue weighted by molar-refractivity contribution is 6.30. The summed E-state index contributed by atoms with van der Waals surface area (Å²) in [6.45, 7) is 2.09. The number of carbonyl (C=O) groups excluding carboxylic acids is 1. The summed E-state index contributed by atoms with van der Waals surface area (Å²) in [5.74, 6) is 1.35. The van der Waals surface area contributed by atoms with Crippen LogP contribution in [0.25, 0.3) is 11.0 Å². The van der Waals surface area contributed by atoms with Gasteiger partial charge in [0.15, 0.2) is 11.9 Å². The highest BCUT2D eigenvalue weighted by Gasteiger charge is 2.21. The van der Waals surface area contributed by atoms with E-state index in [2.05, 4.69) is 0 Å². The van der Waals surface area contributed by atoms with E-state index in [4.69, 9.17) is 21.3 Å². The van der Waals surface area contributed by atoms with E-state index in [1.54, 1.807) is 24.1 Å². The summed E-state index contributed by atoms with van der Waals surface area (Å²) in [5, 5.41) is 0.650. The highest BCUT2D eigenvalue weighted by atomic mass is 35.5. The Kier molecular flexibility index (Phi) is 5.72. The molecule has 1 unspecified atom stereocenters. The van der Waals surface area contributed by atoms with Crippen LogP contribution >= 0.6 is 11.6 Å². The molecule has 30 heavy (non-hydrogen) atoms. The standard InChI is InChI=1S/C24H22ClN3O2/c1-17(30-20-14-12-18(25)13-15-20)24-26-21-10-6-7-11-22(21)28(24)16-23(29)27(2)19-8-4-3-5-9-19/h3-15,17H,16H2,1-2H3. The topological polar surface area (TPSA) is 47.4 Å². The van der Waals surface area contributed by atoms with Crippen molar-refractivity contribution in [3.8, 4) is 5.75 Å². The number of carbonyl (C=O) groups is 1. The van der Waals surface area contributed by atoms with Crippen LogP contribution < -0.4 is 9.64 Å². The van der Waals surface area contributed by atoms with E-state index in [0.29, 0.717) is 16.6 Å². The number of aromatic nitrogens is 2. The summed E-state index contributed by atoms with van der Waals surface area (Å²) in [6.07, 6.45) is -0.353. The molecule has 0 aliphatic carbocycles. The number of anilines is 1. The Morgan fingerprint density at radius 2 is 1.70 bits per heavy atom. The molecule has 0 spiro atoms. The number of rotatable bonds is 6. The summed E-state index contributed by atoms with van der Waals surface area (Å²) in [4.78, 5) is 19.5. The average Bonchev–Trinajstić information content (AvgIpc) is 3.14. The minimum Gasteiger partial charge on any atom is -0.483 e. The molecule has 4 aromatic rings. The van der Waals surface area contributed by atoms with Crippen molar-refractivity contribution in [2.45, 2.75) is 19.6 Å². The van der Waals surface area contributed by atoms with E-state index >= 15 is 0 Å². The van der Waals surface area contributed by atoms with Crippen molar-refractivity contribution in [1.82, 2.24) is 9.55 Å². The predicted molar refractivity (Wildman–Crippen MR) is 120 cm³/mol. The Morgan fingerprint density at radius 3 is 2.43 bits per heavy atom. The molecule has 5 nitrogen and oxygen atoms in total. The van der Waals surface area contributed by atoms with Crippen molar-refractivity contribution in [2.75, 3.05) is 11.9 Å². The number of para-hydroxylation sites is 3. The van der Waals surface area contributed by atoms with Crippen LogP contribution in [0, 0.1) is 0 Å². The smallest absolute Gasteiger partial charge is 0.246 e. The third kappa shape index (κ3) is 4.16. The fourth-order valence-corrected chi connectivity index (χ4v) is 3.50. The number of fused-ring (bicyclic) bond motifs is 1. The van der Waals surface area contributed by atoms with Gasteiger partial charge in [0.25, 0.3) is 0 Å². The van der Waals surface area contributed by atoms with Crippen LogP contribution in [-0.4, -0.2) is 22.5 Å². The molecule has 0 radical (unpaired) electrons. The summed E-state index contributed by atoms with van der Waals surface area (Å²) >= 11 is 5.97. The van der Waals surface area contributed by atoms with Gasteiger partial charge in [-0.05, 0) is 55.5 Å². The molecule has 152 valence electrons. The van der Waals surface area contributed by atoms with E-state index in [1.165, 1.54) is 0 Å². The van der Waals surface area contributed by atoms with E-state index < -0.39 is 0 Å².